The number of anilines is 2. The Balaban J connectivity index is 1.60. The van der Waals surface area contributed by atoms with Gasteiger partial charge >= 0.3 is 6.18 Å². The molecular weight excluding hydrogens is 391 g/mol. The van der Waals surface area contributed by atoms with Crippen LogP contribution in [0, 0.1) is 0 Å². The fraction of sp³-hybridized carbons (Fsp3) is 0.350. The zero-order chi connectivity index (χ0) is 20.3. The number of hydrogen-bond acceptors (Lipinski definition) is 3. The third-order valence-electron chi connectivity index (χ3n) is 4.90. The molecule has 1 atom stereocenters. The van der Waals surface area contributed by atoms with Crippen molar-refractivity contribution in [2.24, 2.45) is 0 Å². The Morgan fingerprint density at radius 1 is 1.07 bits per heavy atom. The molecule has 1 fully saturated rings. The van der Waals surface area contributed by atoms with E-state index in [1.54, 1.807) is 6.92 Å². The normalized spacial score (nSPS) is 16.7. The Morgan fingerprint density at radius 2 is 1.71 bits per heavy atom. The van der Waals surface area contributed by atoms with E-state index in [9.17, 15) is 18.0 Å². The number of carbonyl (C=O) groups is 1. The van der Waals surface area contributed by atoms with Crippen LogP contribution in [0.5, 0.6) is 0 Å². The van der Waals surface area contributed by atoms with Gasteiger partial charge in [-0.25, -0.2) is 0 Å². The molecule has 0 saturated carbocycles. The Labute approximate surface area is 166 Å². The van der Waals surface area contributed by atoms with E-state index in [2.05, 4.69) is 10.2 Å². The van der Waals surface area contributed by atoms with E-state index in [4.69, 9.17) is 11.6 Å². The average molecular weight is 412 g/mol. The SMILES string of the molecule is C[C@H](C(=O)Nc1ccc(Cl)c(C(F)(F)F)c1)N1CCN(c2ccccc2)CC1. The first-order valence-corrected chi connectivity index (χ1v) is 9.35. The van der Waals surface area contributed by atoms with E-state index in [1.165, 1.54) is 6.07 Å². The summed E-state index contributed by atoms with van der Waals surface area (Å²) in [6, 6.07) is 12.9. The second-order valence-corrected chi connectivity index (χ2v) is 7.12. The molecule has 0 radical (unpaired) electrons. The highest BCUT2D eigenvalue weighted by molar-refractivity contribution is 6.31. The van der Waals surface area contributed by atoms with Crippen LogP contribution in [0.25, 0.3) is 0 Å². The predicted molar refractivity (Wildman–Crippen MR) is 105 cm³/mol. The summed E-state index contributed by atoms with van der Waals surface area (Å²) in [5.41, 5.74) is 0.257. The summed E-state index contributed by atoms with van der Waals surface area (Å²) in [4.78, 5) is 16.8. The molecule has 0 unspecified atom stereocenters. The third-order valence-corrected chi connectivity index (χ3v) is 5.23. The lowest BCUT2D eigenvalue weighted by atomic mass is 10.1. The monoisotopic (exact) mass is 411 g/mol. The van der Waals surface area contributed by atoms with Crippen LogP contribution in [0.3, 0.4) is 0 Å². The minimum atomic E-state index is -4.57. The van der Waals surface area contributed by atoms with Crippen molar-refractivity contribution in [2.45, 2.75) is 19.1 Å². The number of amides is 1. The zero-order valence-electron chi connectivity index (χ0n) is 15.3. The number of halogens is 4. The fourth-order valence-corrected chi connectivity index (χ4v) is 3.46. The molecule has 1 amide bonds. The molecule has 4 nitrogen and oxygen atoms in total. The van der Waals surface area contributed by atoms with Crippen LogP contribution in [-0.2, 0) is 11.0 Å². The third kappa shape index (κ3) is 4.77. The van der Waals surface area contributed by atoms with E-state index in [0.29, 0.717) is 13.1 Å². The Bertz CT molecular complexity index is 821. The minimum absolute atomic E-state index is 0.0801. The van der Waals surface area contributed by atoms with Crippen molar-refractivity contribution in [1.29, 1.82) is 0 Å². The lowest BCUT2D eigenvalue weighted by Gasteiger charge is -2.38. The number of hydrogen-bond donors (Lipinski definition) is 1. The summed E-state index contributed by atoms with van der Waals surface area (Å²) in [6.45, 7) is 4.70. The van der Waals surface area contributed by atoms with Crippen LogP contribution in [-0.4, -0.2) is 43.0 Å². The van der Waals surface area contributed by atoms with Gasteiger partial charge in [-0.15, -0.1) is 0 Å². The van der Waals surface area contributed by atoms with Gasteiger partial charge in [0.15, 0.2) is 0 Å². The van der Waals surface area contributed by atoms with E-state index in [1.807, 2.05) is 35.2 Å². The first kappa shape index (κ1) is 20.5. The Kier molecular flexibility index (Phi) is 6.15. The summed E-state index contributed by atoms with van der Waals surface area (Å²) >= 11 is 5.62. The lowest BCUT2D eigenvalue weighted by molar-refractivity contribution is -0.137. The van der Waals surface area contributed by atoms with Gasteiger partial charge in [-0.3, -0.25) is 9.69 Å². The van der Waals surface area contributed by atoms with Gasteiger partial charge in [-0.2, -0.15) is 13.2 Å². The Morgan fingerprint density at radius 3 is 2.32 bits per heavy atom. The molecule has 0 spiro atoms. The largest absolute Gasteiger partial charge is 0.417 e. The van der Waals surface area contributed by atoms with Crippen molar-refractivity contribution in [3.8, 4) is 0 Å². The number of alkyl halides is 3. The molecule has 0 aliphatic carbocycles. The first-order chi connectivity index (χ1) is 13.3. The smallest absolute Gasteiger partial charge is 0.369 e. The minimum Gasteiger partial charge on any atom is -0.369 e. The number of benzene rings is 2. The van der Waals surface area contributed by atoms with Crippen LogP contribution in [0.15, 0.2) is 48.5 Å². The molecule has 2 aromatic carbocycles. The molecule has 1 heterocycles. The number of rotatable bonds is 4. The number of piperazine rings is 1. The molecule has 3 rings (SSSR count). The molecule has 28 heavy (non-hydrogen) atoms. The van der Waals surface area contributed by atoms with Crippen LogP contribution in [0.2, 0.25) is 5.02 Å². The average Bonchev–Trinajstić information content (AvgIpc) is 2.69. The standard InChI is InChI=1S/C20H21ClF3N3O/c1-14(26-9-11-27(12-10-26)16-5-3-2-4-6-16)19(28)25-15-7-8-18(21)17(13-15)20(22,23)24/h2-8,13-14H,9-12H2,1H3,(H,25,28)/t14-/m1/s1. The molecule has 1 N–H and O–H groups in total. The van der Waals surface area contributed by atoms with Crippen molar-refractivity contribution in [1.82, 2.24) is 4.90 Å². The predicted octanol–water partition coefficient (Wildman–Crippen LogP) is 4.51. The van der Waals surface area contributed by atoms with Crippen molar-refractivity contribution < 1.29 is 18.0 Å². The van der Waals surface area contributed by atoms with Crippen molar-refractivity contribution >= 4 is 28.9 Å². The van der Waals surface area contributed by atoms with Gasteiger partial charge in [0.2, 0.25) is 5.91 Å². The summed E-state index contributed by atoms with van der Waals surface area (Å²) in [6.07, 6.45) is -4.57. The fourth-order valence-electron chi connectivity index (χ4n) is 3.24. The maximum Gasteiger partial charge on any atom is 0.417 e. The van der Waals surface area contributed by atoms with E-state index < -0.39 is 22.8 Å². The molecule has 150 valence electrons. The van der Waals surface area contributed by atoms with Crippen LogP contribution in [0.1, 0.15) is 12.5 Å². The summed E-state index contributed by atoms with van der Waals surface area (Å²) in [7, 11) is 0. The van der Waals surface area contributed by atoms with Gasteiger partial charge < -0.3 is 10.2 Å². The molecular formula is C20H21ClF3N3O. The summed E-state index contributed by atoms with van der Waals surface area (Å²) < 4.78 is 38.9. The lowest BCUT2D eigenvalue weighted by Crippen LogP contribution is -2.52. The van der Waals surface area contributed by atoms with E-state index >= 15 is 0 Å². The molecule has 1 aliphatic heterocycles. The van der Waals surface area contributed by atoms with Crippen molar-refractivity contribution in [2.75, 3.05) is 36.4 Å². The van der Waals surface area contributed by atoms with Gasteiger partial charge in [-0.05, 0) is 37.3 Å². The highest BCUT2D eigenvalue weighted by atomic mass is 35.5. The highest BCUT2D eigenvalue weighted by Gasteiger charge is 2.34. The van der Waals surface area contributed by atoms with Gasteiger partial charge in [-0.1, -0.05) is 29.8 Å². The summed E-state index contributed by atoms with van der Waals surface area (Å²) in [5.74, 6) is -0.344. The zero-order valence-corrected chi connectivity index (χ0v) is 16.1. The van der Waals surface area contributed by atoms with Crippen LogP contribution in [0.4, 0.5) is 24.5 Å². The topological polar surface area (TPSA) is 35.6 Å². The molecule has 1 aliphatic rings. The van der Waals surface area contributed by atoms with Gasteiger partial charge in [0.1, 0.15) is 0 Å². The number of nitrogens with zero attached hydrogens (tertiary/aromatic N) is 2. The quantitative estimate of drug-likeness (QED) is 0.804. The van der Waals surface area contributed by atoms with Gasteiger partial charge in [0, 0.05) is 37.6 Å². The molecule has 0 aromatic heterocycles. The molecule has 8 heteroatoms. The highest BCUT2D eigenvalue weighted by Crippen LogP contribution is 2.36. The van der Waals surface area contributed by atoms with Crippen LogP contribution >= 0.6 is 11.6 Å². The maximum absolute atomic E-state index is 13.0. The maximum atomic E-state index is 13.0. The molecule has 2 aromatic rings. The number of carbonyl (C=O) groups excluding carboxylic acids is 1. The molecule has 0 bridgehead atoms. The van der Waals surface area contributed by atoms with Crippen LogP contribution < -0.4 is 10.2 Å². The van der Waals surface area contributed by atoms with Crippen molar-refractivity contribution in [3.05, 3.63) is 59.1 Å². The van der Waals surface area contributed by atoms with Crippen molar-refractivity contribution in [3.63, 3.8) is 0 Å². The first-order valence-electron chi connectivity index (χ1n) is 8.97. The van der Waals surface area contributed by atoms with Gasteiger partial charge in [0.05, 0.1) is 16.6 Å². The number of nitrogens with one attached hydrogen (secondary N) is 1. The van der Waals surface area contributed by atoms with Gasteiger partial charge in [0.25, 0.3) is 0 Å². The Hall–Kier alpha value is -2.25. The van der Waals surface area contributed by atoms with E-state index in [0.717, 1.165) is 30.9 Å². The second-order valence-electron chi connectivity index (χ2n) is 6.72. The second kappa shape index (κ2) is 8.41. The number of para-hydroxylation sites is 1. The molecule has 1 saturated heterocycles. The van der Waals surface area contributed by atoms with E-state index in [-0.39, 0.29) is 11.6 Å². The summed E-state index contributed by atoms with van der Waals surface area (Å²) in [5, 5.41) is 2.18.